The molecule has 10 heteroatoms. The van der Waals surface area contributed by atoms with Gasteiger partial charge in [0, 0.05) is 25.3 Å². The van der Waals surface area contributed by atoms with Crippen LogP contribution in [-0.4, -0.2) is 44.3 Å². The smallest absolute Gasteiger partial charge is 0.258 e. The molecule has 204 valence electrons. The van der Waals surface area contributed by atoms with Gasteiger partial charge in [-0.15, -0.1) is 0 Å². The predicted octanol–water partition coefficient (Wildman–Crippen LogP) is 5.51. The average molecular weight is 557 g/mol. The number of ether oxygens (including phenoxy) is 2. The van der Waals surface area contributed by atoms with E-state index >= 15 is 0 Å². The minimum atomic E-state index is -2.26. The first-order chi connectivity index (χ1) is 20.5. The maximum absolute atomic E-state index is 12.2. The Bertz CT molecular complexity index is 1900. The van der Waals surface area contributed by atoms with E-state index in [4.69, 9.17) is 9.47 Å². The number of methoxy groups -OCH3 is 2. The number of hydrogen-bond acceptors (Lipinski definition) is 10. The Kier molecular flexibility index (Phi) is 7.59. The van der Waals surface area contributed by atoms with Crippen molar-refractivity contribution in [3.8, 4) is 11.1 Å². The van der Waals surface area contributed by atoms with Crippen LogP contribution in [0.5, 0.6) is 0 Å². The van der Waals surface area contributed by atoms with Gasteiger partial charge in [0.1, 0.15) is 0 Å². The fourth-order valence-corrected chi connectivity index (χ4v) is 5.66. The molecular formula is C32H20N4O6. The van der Waals surface area contributed by atoms with Crippen LogP contribution in [0.15, 0.2) is 105 Å². The van der Waals surface area contributed by atoms with Crippen molar-refractivity contribution in [2.45, 2.75) is 11.4 Å². The zero-order valence-electron chi connectivity index (χ0n) is 22.3. The quantitative estimate of drug-likeness (QED) is 0.160. The number of isocyanates is 4. The molecule has 0 saturated heterocycles. The Labute approximate surface area is 239 Å². The SMILES string of the molecule is COC1(OC)C(c2ccc(N=C=O)cc2)=C(N=C=O)c2cc3ccccc3c(-c3ccccc3)c2C1(N=C=O)N=C=O. The summed E-state index contributed by atoms with van der Waals surface area (Å²) in [6.45, 7) is 0. The summed E-state index contributed by atoms with van der Waals surface area (Å²) < 4.78 is 12.1. The van der Waals surface area contributed by atoms with Gasteiger partial charge in [-0.1, -0.05) is 66.7 Å². The first-order valence-corrected chi connectivity index (χ1v) is 12.5. The first kappa shape index (κ1) is 27.9. The standard InChI is InChI=1S/C32H20N4O6/c1-41-32(42-2)28(22-12-14-24(15-13-22)33-17-37)30(34-18-38)26-16-23-10-6-7-11-25(23)27(21-8-4-3-5-9-21)29(26)31(32,35-19-39)36-20-40/h3-16H,1-2H3. The largest absolute Gasteiger partial charge is 0.345 e. The van der Waals surface area contributed by atoms with Gasteiger partial charge in [0.2, 0.25) is 24.3 Å². The Hall–Kier alpha value is -5.68. The molecule has 1 aliphatic rings. The minimum Gasteiger partial charge on any atom is -0.345 e. The lowest BCUT2D eigenvalue weighted by molar-refractivity contribution is -0.205. The van der Waals surface area contributed by atoms with Crippen molar-refractivity contribution >= 4 is 52.0 Å². The van der Waals surface area contributed by atoms with Gasteiger partial charge in [-0.3, -0.25) is 0 Å². The summed E-state index contributed by atoms with van der Waals surface area (Å²) >= 11 is 0. The van der Waals surface area contributed by atoms with Gasteiger partial charge in [0.15, 0.2) is 0 Å². The molecule has 0 aromatic heterocycles. The Morgan fingerprint density at radius 2 is 1.29 bits per heavy atom. The van der Waals surface area contributed by atoms with Crippen molar-refractivity contribution in [1.29, 1.82) is 0 Å². The number of fused-ring (bicyclic) bond motifs is 2. The predicted molar refractivity (Wildman–Crippen MR) is 153 cm³/mol. The van der Waals surface area contributed by atoms with E-state index in [0.29, 0.717) is 27.9 Å². The molecule has 0 unspecified atom stereocenters. The number of aliphatic imine (C=N–C) groups is 4. The molecule has 0 fully saturated rings. The fourth-order valence-electron chi connectivity index (χ4n) is 5.66. The Balaban J connectivity index is 2.13. The van der Waals surface area contributed by atoms with Gasteiger partial charge in [-0.05, 0) is 45.7 Å². The van der Waals surface area contributed by atoms with Crippen LogP contribution in [0.2, 0.25) is 0 Å². The van der Waals surface area contributed by atoms with E-state index in [0.717, 1.165) is 10.8 Å². The van der Waals surface area contributed by atoms with Gasteiger partial charge < -0.3 is 9.47 Å². The normalized spacial score (nSPS) is 16.7. The Morgan fingerprint density at radius 1 is 0.667 bits per heavy atom. The lowest BCUT2D eigenvalue weighted by atomic mass is 9.70. The molecule has 0 radical (unpaired) electrons. The van der Waals surface area contributed by atoms with E-state index in [1.807, 2.05) is 54.6 Å². The lowest BCUT2D eigenvalue weighted by Gasteiger charge is -2.47. The molecule has 42 heavy (non-hydrogen) atoms. The average Bonchev–Trinajstić information content (AvgIpc) is 3.02. The number of benzene rings is 4. The zero-order chi connectivity index (χ0) is 29.7. The molecule has 1 aliphatic carbocycles. The van der Waals surface area contributed by atoms with Gasteiger partial charge in [-0.25, -0.2) is 19.2 Å². The molecule has 0 heterocycles. The number of hydrogen-bond donors (Lipinski definition) is 0. The van der Waals surface area contributed by atoms with E-state index in [1.54, 1.807) is 36.4 Å². The van der Waals surface area contributed by atoms with Crippen molar-refractivity contribution < 1.29 is 28.7 Å². The summed E-state index contributed by atoms with van der Waals surface area (Å²) in [5.41, 5.74) is 0.290. The van der Waals surface area contributed by atoms with Crippen LogP contribution in [0.3, 0.4) is 0 Å². The third kappa shape index (κ3) is 4.11. The summed E-state index contributed by atoms with van der Waals surface area (Å²) in [5.74, 6) is -2.17. The van der Waals surface area contributed by atoms with Crippen molar-refractivity contribution in [1.82, 2.24) is 0 Å². The third-order valence-corrected chi connectivity index (χ3v) is 7.22. The van der Waals surface area contributed by atoms with Crippen LogP contribution < -0.4 is 0 Å². The lowest BCUT2D eigenvalue weighted by Crippen LogP contribution is -2.56. The first-order valence-electron chi connectivity index (χ1n) is 12.5. The van der Waals surface area contributed by atoms with Crippen LogP contribution in [0.1, 0.15) is 16.7 Å². The van der Waals surface area contributed by atoms with Crippen molar-refractivity contribution in [2.75, 3.05) is 14.2 Å². The van der Waals surface area contributed by atoms with E-state index in [2.05, 4.69) is 20.0 Å². The summed E-state index contributed by atoms with van der Waals surface area (Å²) in [6.07, 6.45) is 6.20. The highest BCUT2D eigenvalue weighted by atomic mass is 16.7. The van der Waals surface area contributed by atoms with Gasteiger partial charge in [0.05, 0.1) is 17.0 Å². The monoisotopic (exact) mass is 556 g/mol. The second-order valence-electron chi connectivity index (χ2n) is 9.04. The third-order valence-electron chi connectivity index (χ3n) is 7.22. The van der Waals surface area contributed by atoms with Crippen LogP contribution in [0, 0.1) is 0 Å². The molecule has 0 saturated carbocycles. The molecule has 5 rings (SSSR count). The maximum Gasteiger partial charge on any atom is 0.258 e. The Morgan fingerprint density at radius 3 is 1.88 bits per heavy atom. The topological polar surface area (TPSA) is 136 Å². The summed E-state index contributed by atoms with van der Waals surface area (Å²) in [5, 5.41) is 1.48. The van der Waals surface area contributed by atoms with Crippen molar-refractivity contribution in [3.05, 3.63) is 102 Å². The summed E-state index contributed by atoms with van der Waals surface area (Å²) in [6, 6.07) is 24.6. The van der Waals surface area contributed by atoms with Crippen LogP contribution in [-0.2, 0) is 34.3 Å². The molecular weight excluding hydrogens is 536 g/mol. The number of nitrogens with zero attached hydrogens (tertiary/aromatic N) is 4. The van der Waals surface area contributed by atoms with E-state index < -0.39 is 11.4 Å². The van der Waals surface area contributed by atoms with Crippen LogP contribution >= 0.6 is 0 Å². The highest BCUT2D eigenvalue weighted by Gasteiger charge is 2.64. The molecule has 0 N–H and O–H groups in total. The van der Waals surface area contributed by atoms with E-state index in [1.165, 1.54) is 32.4 Å². The number of rotatable bonds is 8. The van der Waals surface area contributed by atoms with Gasteiger partial charge >= 0.3 is 0 Å². The van der Waals surface area contributed by atoms with E-state index in [9.17, 15) is 19.2 Å². The van der Waals surface area contributed by atoms with Crippen molar-refractivity contribution in [3.63, 3.8) is 0 Å². The fraction of sp³-hybridized carbons (Fsp3) is 0.125. The second-order valence-corrected chi connectivity index (χ2v) is 9.04. The highest BCUT2D eigenvalue weighted by molar-refractivity contribution is 6.08. The minimum absolute atomic E-state index is 0.0658. The van der Waals surface area contributed by atoms with Gasteiger partial charge in [-0.2, -0.15) is 20.0 Å². The molecule has 0 atom stereocenters. The van der Waals surface area contributed by atoms with Gasteiger partial charge in [0.25, 0.3) is 11.4 Å². The van der Waals surface area contributed by atoms with Crippen LogP contribution in [0.4, 0.5) is 5.69 Å². The summed E-state index contributed by atoms with van der Waals surface area (Å²) in [7, 11) is 2.56. The molecule has 0 bridgehead atoms. The molecule has 4 aromatic rings. The zero-order valence-corrected chi connectivity index (χ0v) is 22.3. The molecule has 0 aliphatic heterocycles. The highest BCUT2D eigenvalue weighted by Crippen LogP contribution is 2.59. The number of carbonyl (C=O) groups excluding carboxylic acids is 4. The molecule has 10 nitrogen and oxygen atoms in total. The summed E-state index contributed by atoms with van der Waals surface area (Å²) in [4.78, 5) is 63.2. The molecule has 0 amide bonds. The van der Waals surface area contributed by atoms with E-state index in [-0.39, 0.29) is 16.8 Å². The van der Waals surface area contributed by atoms with Crippen molar-refractivity contribution in [2.24, 2.45) is 20.0 Å². The second kappa shape index (κ2) is 11.4. The maximum atomic E-state index is 12.2. The molecule has 0 spiro atoms. The van der Waals surface area contributed by atoms with Crippen LogP contribution in [0.25, 0.3) is 33.2 Å². The molecule has 4 aromatic carbocycles.